The Morgan fingerprint density at radius 1 is 1.04 bits per heavy atom. The van der Waals surface area contributed by atoms with Crippen LogP contribution in [0.25, 0.3) is 0 Å². The maximum Gasteiger partial charge on any atom is 0.161 e. The third-order valence-electron chi connectivity index (χ3n) is 4.00. The third-order valence-corrected chi connectivity index (χ3v) is 4.25. The standard InChI is InChI=1S/C18H20ClNO3/c1-20-10-12-8-16(21-2)17(22-3)9-15(12)18(11-20)23-14-6-4-13(19)5-7-14/h4-9,18H,10-11H2,1-3H3. The van der Waals surface area contributed by atoms with E-state index in [0.29, 0.717) is 5.02 Å². The van der Waals surface area contributed by atoms with Gasteiger partial charge in [-0.3, -0.25) is 4.90 Å². The molecule has 0 saturated heterocycles. The lowest BCUT2D eigenvalue weighted by molar-refractivity contribution is 0.128. The summed E-state index contributed by atoms with van der Waals surface area (Å²) in [6.07, 6.45) is -0.0651. The van der Waals surface area contributed by atoms with Crippen LogP contribution < -0.4 is 14.2 Å². The number of likely N-dealkylation sites (N-methyl/N-ethyl adjacent to an activating group) is 1. The largest absolute Gasteiger partial charge is 0.493 e. The monoisotopic (exact) mass is 333 g/mol. The molecule has 1 aliphatic rings. The Balaban J connectivity index is 1.95. The van der Waals surface area contributed by atoms with Crippen molar-refractivity contribution in [1.82, 2.24) is 4.90 Å². The molecule has 0 N–H and O–H groups in total. The van der Waals surface area contributed by atoms with Crippen molar-refractivity contribution in [3.05, 3.63) is 52.5 Å². The molecule has 4 nitrogen and oxygen atoms in total. The van der Waals surface area contributed by atoms with E-state index in [0.717, 1.165) is 35.9 Å². The second-order valence-electron chi connectivity index (χ2n) is 5.66. The molecule has 23 heavy (non-hydrogen) atoms. The van der Waals surface area contributed by atoms with Crippen molar-refractivity contribution in [2.45, 2.75) is 12.6 Å². The van der Waals surface area contributed by atoms with Crippen LogP contribution in [-0.4, -0.2) is 32.7 Å². The van der Waals surface area contributed by atoms with E-state index in [-0.39, 0.29) is 6.10 Å². The molecule has 0 aliphatic carbocycles. The summed E-state index contributed by atoms with van der Waals surface area (Å²) in [5.74, 6) is 2.27. The van der Waals surface area contributed by atoms with Crippen LogP contribution in [0, 0.1) is 0 Å². The number of benzene rings is 2. The fraction of sp³-hybridized carbons (Fsp3) is 0.333. The smallest absolute Gasteiger partial charge is 0.161 e. The van der Waals surface area contributed by atoms with Crippen LogP contribution in [0.3, 0.4) is 0 Å². The zero-order valence-corrected chi connectivity index (χ0v) is 14.3. The summed E-state index contributed by atoms with van der Waals surface area (Å²) >= 11 is 5.94. The van der Waals surface area contributed by atoms with Crippen LogP contribution in [0.5, 0.6) is 17.2 Å². The van der Waals surface area contributed by atoms with E-state index in [1.807, 2.05) is 36.4 Å². The van der Waals surface area contributed by atoms with Gasteiger partial charge in [0.1, 0.15) is 11.9 Å². The minimum atomic E-state index is -0.0651. The quantitative estimate of drug-likeness (QED) is 0.848. The van der Waals surface area contributed by atoms with Gasteiger partial charge in [-0.15, -0.1) is 0 Å². The SMILES string of the molecule is COc1cc2c(cc1OC)C(Oc1ccc(Cl)cc1)CN(C)C2. The van der Waals surface area contributed by atoms with Gasteiger partial charge in [0.2, 0.25) is 0 Å². The Morgan fingerprint density at radius 3 is 2.35 bits per heavy atom. The van der Waals surface area contributed by atoms with Gasteiger partial charge < -0.3 is 14.2 Å². The molecular weight excluding hydrogens is 314 g/mol. The van der Waals surface area contributed by atoms with E-state index >= 15 is 0 Å². The average Bonchev–Trinajstić information content (AvgIpc) is 2.55. The van der Waals surface area contributed by atoms with Gasteiger partial charge >= 0.3 is 0 Å². The first kappa shape index (κ1) is 16.0. The molecule has 0 saturated carbocycles. The molecule has 0 spiro atoms. The van der Waals surface area contributed by atoms with Crippen LogP contribution in [0.2, 0.25) is 5.02 Å². The molecule has 2 aromatic rings. The van der Waals surface area contributed by atoms with Gasteiger partial charge in [-0.1, -0.05) is 11.6 Å². The summed E-state index contributed by atoms with van der Waals surface area (Å²) in [6.45, 7) is 1.67. The number of fused-ring (bicyclic) bond motifs is 1. The van der Waals surface area contributed by atoms with E-state index < -0.39 is 0 Å². The number of hydrogen-bond acceptors (Lipinski definition) is 4. The van der Waals surface area contributed by atoms with Gasteiger partial charge in [0.15, 0.2) is 11.5 Å². The predicted octanol–water partition coefficient (Wildman–Crippen LogP) is 3.92. The normalized spacial score (nSPS) is 17.5. The Labute approximate surface area is 141 Å². The highest BCUT2D eigenvalue weighted by molar-refractivity contribution is 6.30. The lowest BCUT2D eigenvalue weighted by Gasteiger charge is -2.33. The predicted molar refractivity (Wildman–Crippen MR) is 90.7 cm³/mol. The Morgan fingerprint density at radius 2 is 1.70 bits per heavy atom. The fourth-order valence-electron chi connectivity index (χ4n) is 2.89. The Kier molecular flexibility index (Phi) is 4.64. The Bertz CT molecular complexity index is 687. The molecule has 1 atom stereocenters. The average molecular weight is 334 g/mol. The number of rotatable bonds is 4. The van der Waals surface area contributed by atoms with Crippen LogP contribution in [0.15, 0.2) is 36.4 Å². The van der Waals surface area contributed by atoms with E-state index in [2.05, 4.69) is 11.9 Å². The van der Waals surface area contributed by atoms with Crippen LogP contribution >= 0.6 is 11.6 Å². The third kappa shape index (κ3) is 3.38. The topological polar surface area (TPSA) is 30.9 Å². The number of halogens is 1. The minimum absolute atomic E-state index is 0.0651. The van der Waals surface area contributed by atoms with Crippen LogP contribution in [0.1, 0.15) is 17.2 Å². The summed E-state index contributed by atoms with van der Waals surface area (Å²) in [5, 5.41) is 0.699. The zero-order valence-electron chi connectivity index (χ0n) is 13.5. The molecule has 0 bridgehead atoms. The van der Waals surface area contributed by atoms with Crippen molar-refractivity contribution in [3.63, 3.8) is 0 Å². The molecule has 0 amide bonds. The summed E-state index contributed by atoms with van der Waals surface area (Å²) in [7, 11) is 5.38. The molecule has 0 radical (unpaired) electrons. The highest BCUT2D eigenvalue weighted by Crippen LogP contribution is 2.38. The first-order chi connectivity index (χ1) is 11.1. The molecule has 1 heterocycles. The molecule has 1 unspecified atom stereocenters. The first-order valence-corrected chi connectivity index (χ1v) is 7.84. The van der Waals surface area contributed by atoms with Gasteiger partial charge in [-0.2, -0.15) is 0 Å². The second kappa shape index (κ2) is 6.69. The van der Waals surface area contributed by atoms with Crippen molar-refractivity contribution in [1.29, 1.82) is 0 Å². The molecule has 5 heteroatoms. The second-order valence-corrected chi connectivity index (χ2v) is 6.10. The van der Waals surface area contributed by atoms with E-state index in [9.17, 15) is 0 Å². The molecule has 0 fully saturated rings. The van der Waals surface area contributed by atoms with Crippen molar-refractivity contribution in [2.24, 2.45) is 0 Å². The highest BCUT2D eigenvalue weighted by Gasteiger charge is 2.27. The maximum absolute atomic E-state index is 6.18. The maximum atomic E-state index is 6.18. The molecule has 1 aliphatic heterocycles. The molecule has 2 aromatic carbocycles. The molecule has 3 rings (SSSR count). The molecule has 0 aromatic heterocycles. The lowest BCUT2D eigenvalue weighted by Crippen LogP contribution is -2.33. The minimum Gasteiger partial charge on any atom is -0.493 e. The fourth-order valence-corrected chi connectivity index (χ4v) is 3.01. The molecule has 122 valence electrons. The zero-order chi connectivity index (χ0) is 16.4. The summed E-state index contributed by atoms with van der Waals surface area (Å²) in [6, 6.07) is 11.5. The van der Waals surface area contributed by atoms with Crippen molar-refractivity contribution in [3.8, 4) is 17.2 Å². The van der Waals surface area contributed by atoms with Crippen molar-refractivity contribution >= 4 is 11.6 Å². The number of nitrogens with zero attached hydrogens (tertiary/aromatic N) is 1. The summed E-state index contributed by atoms with van der Waals surface area (Å²) in [5.41, 5.74) is 2.33. The number of hydrogen-bond donors (Lipinski definition) is 0. The first-order valence-electron chi connectivity index (χ1n) is 7.46. The van der Waals surface area contributed by atoms with Gasteiger partial charge in [-0.05, 0) is 49.0 Å². The summed E-state index contributed by atoms with van der Waals surface area (Å²) in [4.78, 5) is 2.23. The van der Waals surface area contributed by atoms with E-state index in [4.69, 9.17) is 25.8 Å². The van der Waals surface area contributed by atoms with Gasteiger partial charge in [0.05, 0.1) is 14.2 Å². The van der Waals surface area contributed by atoms with Crippen molar-refractivity contribution in [2.75, 3.05) is 27.8 Å². The van der Waals surface area contributed by atoms with Gasteiger partial charge in [0.25, 0.3) is 0 Å². The van der Waals surface area contributed by atoms with Crippen molar-refractivity contribution < 1.29 is 14.2 Å². The van der Waals surface area contributed by atoms with Crippen LogP contribution in [-0.2, 0) is 6.54 Å². The summed E-state index contributed by atoms with van der Waals surface area (Å²) < 4.78 is 17.0. The highest BCUT2D eigenvalue weighted by atomic mass is 35.5. The number of methoxy groups -OCH3 is 2. The molecular formula is C18H20ClNO3. The van der Waals surface area contributed by atoms with Crippen LogP contribution in [0.4, 0.5) is 0 Å². The van der Waals surface area contributed by atoms with Gasteiger partial charge in [0, 0.05) is 23.7 Å². The van der Waals surface area contributed by atoms with E-state index in [1.165, 1.54) is 5.56 Å². The Hall–Kier alpha value is -1.91. The number of ether oxygens (including phenoxy) is 3. The lowest BCUT2D eigenvalue weighted by atomic mass is 9.96. The van der Waals surface area contributed by atoms with Gasteiger partial charge in [-0.25, -0.2) is 0 Å². The van der Waals surface area contributed by atoms with E-state index in [1.54, 1.807) is 14.2 Å².